The van der Waals surface area contributed by atoms with Gasteiger partial charge >= 0.3 is 11.4 Å². The van der Waals surface area contributed by atoms with Crippen LogP contribution >= 0.6 is 11.6 Å². The molecule has 1 unspecified atom stereocenters. The first-order valence-corrected chi connectivity index (χ1v) is 3.44. The highest BCUT2D eigenvalue weighted by Gasteiger charge is 2.19. The third-order valence-corrected chi connectivity index (χ3v) is 1.06. The summed E-state index contributed by atoms with van der Waals surface area (Å²) in [6.07, 6.45) is -1.33. The van der Waals surface area contributed by atoms with Gasteiger partial charge in [-0.3, -0.25) is 0 Å². The first-order chi connectivity index (χ1) is 5.57. The average Bonchev–Trinajstić information content (AvgIpc) is 1.96. The Hall–Kier alpha value is -1.21. The standard InChI is InChI=1S/C7H7ClO4/c1-2-3-4-5(6(9)10)12-7(8)11/h5H,4H2,1H3,(H,9,10). The van der Waals surface area contributed by atoms with E-state index < -0.39 is 17.5 Å². The minimum atomic E-state index is -1.28. The van der Waals surface area contributed by atoms with E-state index in [0.717, 1.165) is 0 Å². The van der Waals surface area contributed by atoms with Crippen molar-refractivity contribution in [3.8, 4) is 11.8 Å². The summed E-state index contributed by atoms with van der Waals surface area (Å²) in [5, 5.41) is 8.45. The van der Waals surface area contributed by atoms with E-state index in [0.29, 0.717) is 0 Å². The molecule has 0 aromatic carbocycles. The second kappa shape index (κ2) is 5.44. The zero-order valence-electron chi connectivity index (χ0n) is 6.33. The summed E-state index contributed by atoms with van der Waals surface area (Å²) in [4.78, 5) is 20.5. The van der Waals surface area contributed by atoms with Crippen molar-refractivity contribution in [1.29, 1.82) is 0 Å². The maximum atomic E-state index is 10.3. The van der Waals surface area contributed by atoms with Crippen molar-refractivity contribution in [2.75, 3.05) is 0 Å². The largest absolute Gasteiger partial charge is 0.478 e. The number of carbonyl (C=O) groups is 2. The van der Waals surface area contributed by atoms with Crippen molar-refractivity contribution in [3.63, 3.8) is 0 Å². The quantitative estimate of drug-likeness (QED) is 0.537. The molecule has 0 amide bonds. The molecule has 1 atom stereocenters. The zero-order chi connectivity index (χ0) is 9.56. The molecule has 5 heteroatoms. The highest BCUT2D eigenvalue weighted by molar-refractivity contribution is 6.61. The fraction of sp³-hybridized carbons (Fsp3) is 0.429. The molecule has 0 saturated carbocycles. The molecule has 0 aromatic heterocycles. The molecule has 0 spiro atoms. The van der Waals surface area contributed by atoms with Gasteiger partial charge in [0.2, 0.25) is 6.10 Å². The Morgan fingerprint density at radius 3 is 2.58 bits per heavy atom. The Bertz CT molecular complexity index is 238. The molecule has 1 N–H and O–H groups in total. The van der Waals surface area contributed by atoms with Crippen molar-refractivity contribution < 1.29 is 19.4 Å². The maximum absolute atomic E-state index is 10.3. The van der Waals surface area contributed by atoms with Crippen LogP contribution in [0.25, 0.3) is 0 Å². The third-order valence-electron chi connectivity index (χ3n) is 0.975. The number of carboxylic acid groups (broad SMARTS) is 1. The van der Waals surface area contributed by atoms with E-state index >= 15 is 0 Å². The first-order valence-electron chi connectivity index (χ1n) is 3.06. The third kappa shape index (κ3) is 4.58. The number of rotatable bonds is 3. The molecule has 0 saturated heterocycles. The summed E-state index contributed by atoms with van der Waals surface area (Å²) in [6.45, 7) is 1.56. The lowest BCUT2D eigenvalue weighted by molar-refractivity contribution is -0.146. The van der Waals surface area contributed by atoms with E-state index in [1.807, 2.05) is 0 Å². The maximum Gasteiger partial charge on any atom is 0.404 e. The molecule has 0 aliphatic rings. The van der Waals surface area contributed by atoms with E-state index in [2.05, 4.69) is 16.6 Å². The lowest BCUT2D eigenvalue weighted by atomic mass is 10.2. The Balaban J connectivity index is 4.10. The fourth-order valence-electron chi connectivity index (χ4n) is 0.486. The minimum absolute atomic E-state index is 0.0513. The number of halogens is 1. The minimum Gasteiger partial charge on any atom is -0.478 e. The predicted molar refractivity (Wildman–Crippen MR) is 41.8 cm³/mol. The van der Waals surface area contributed by atoms with Crippen molar-refractivity contribution in [1.82, 2.24) is 0 Å². The fourth-order valence-corrected chi connectivity index (χ4v) is 0.594. The van der Waals surface area contributed by atoms with Gasteiger partial charge in [-0.25, -0.2) is 9.59 Å². The van der Waals surface area contributed by atoms with E-state index in [-0.39, 0.29) is 6.42 Å². The van der Waals surface area contributed by atoms with Gasteiger partial charge in [-0.15, -0.1) is 5.92 Å². The van der Waals surface area contributed by atoms with Crippen LogP contribution in [0.4, 0.5) is 4.79 Å². The van der Waals surface area contributed by atoms with E-state index in [9.17, 15) is 9.59 Å². The van der Waals surface area contributed by atoms with Gasteiger partial charge in [0.05, 0.1) is 6.42 Å². The van der Waals surface area contributed by atoms with Gasteiger partial charge < -0.3 is 9.84 Å². The van der Waals surface area contributed by atoms with E-state index in [4.69, 9.17) is 16.7 Å². The molecule has 0 rings (SSSR count). The van der Waals surface area contributed by atoms with Crippen molar-refractivity contribution in [2.45, 2.75) is 19.4 Å². The van der Waals surface area contributed by atoms with Crippen molar-refractivity contribution in [2.24, 2.45) is 0 Å². The van der Waals surface area contributed by atoms with Gasteiger partial charge in [0, 0.05) is 11.6 Å². The Morgan fingerprint density at radius 1 is 1.67 bits per heavy atom. The Labute approximate surface area is 74.5 Å². The van der Waals surface area contributed by atoms with E-state index in [1.165, 1.54) is 0 Å². The molecule has 4 nitrogen and oxygen atoms in total. The van der Waals surface area contributed by atoms with Crippen molar-refractivity contribution >= 4 is 23.0 Å². The van der Waals surface area contributed by atoms with Gasteiger partial charge in [0.15, 0.2) is 0 Å². The summed E-state index contributed by atoms with van der Waals surface area (Å²) in [7, 11) is 0. The second-order valence-corrected chi connectivity index (χ2v) is 2.12. The number of ether oxygens (including phenoxy) is 1. The lowest BCUT2D eigenvalue weighted by Gasteiger charge is -2.06. The van der Waals surface area contributed by atoms with Crippen LogP contribution in [0.15, 0.2) is 0 Å². The van der Waals surface area contributed by atoms with Crippen LogP contribution in [0.1, 0.15) is 13.3 Å². The van der Waals surface area contributed by atoms with Crippen LogP contribution in [-0.4, -0.2) is 22.6 Å². The summed E-state index contributed by atoms with van der Waals surface area (Å²) < 4.78 is 4.24. The second-order valence-electron chi connectivity index (χ2n) is 1.81. The monoisotopic (exact) mass is 190 g/mol. The molecule has 0 fully saturated rings. The number of hydrogen-bond acceptors (Lipinski definition) is 3. The SMILES string of the molecule is CC#CCC(OC(=O)Cl)C(=O)O. The summed E-state index contributed by atoms with van der Waals surface area (Å²) in [5.41, 5.74) is -1.14. The number of aliphatic carboxylic acids is 1. The molecule has 0 aliphatic heterocycles. The smallest absolute Gasteiger partial charge is 0.404 e. The Kier molecular flexibility index (Phi) is 4.89. The lowest BCUT2D eigenvalue weighted by Crippen LogP contribution is -2.24. The first kappa shape index (κ1) is 10.8. The molecule has 0 bridgehead atoms. The Morgan fingerprint density at radius 2 is 2.25 bits per heavy atom. The van der Waals surface area contributed by atoms with Crippen LogP contribution in [-0.2, 0) is 9.53 Å². The predicted octanol–water partition coefficient (Wildman–Crippen LogP) is 1.23. The highest BCUT2D eigenvalue weighted by atomic mass is 35.5. The van der Waals surface area contributed by atoms with Gasteiger partial charge in [0.25, 0.3) is 0 Å². The molecular weight excluding hydrogens is 184 g/mol. The molecule has 0 aromatic rings. The average molecular weight is 191 g/mol. The van der Waals surface area contributed by atoms with Crippen LogP contribution in [0.3, 0.4) is 0 Å². The normalized spacial score (nSPS) is 10.8. The number of carboxylic acids is 1. The van der Waals surface area contributed by atoms with Gasteiger partial charge in [0.1, 0.15) is 0 Å². The van der Waals surface area contributed by atoms with Crippen LogP contribution in [0.2, 0.25) is 0 Å². The highest BCUT2D eigenvalue weighted by Crippen LogP contribution is 2.01. The summed E-state index contributed by atoms with van der Waals surface area (Å²) in [5.74, 6) is 3.69. The molecule has 0 radical (unpaired) electrons. The van der Waals surface area contributed by atoms with Crippen LogP contribution in [0, 0.1) is 11.8 Å². The molecular formula is C7H7ClO4. The summed E-state index contributed by atoms with van der Waals surface area (Å²) in [6, 6.07) is 0. The van der Waals surface area contributed by atoms with Crippen molar-refractivity contribution in [3.05, 3.63) is 0 Å². The topological polar surface area (TPSA) is 63.6 Å². The van der Waals surface area contributed by atoms with Crippen LogP contribution in [0.5, 0.6) is 0 Å². The zero-order valence-corrected chi connectivity index (χ0v) is 7.09. The van der Waals surface area contributed by atoms with E-state index in [1.54, 1.807) is 6.92 Å². The van der Waals surface area contributed by atoms with Gasteiger partial charge in [-0.2, -0.15) is 0 Å². The van der Waals surface area contributed by atoms with Gasteiger partial charge in [-0.05, 0) is 6.92 Å². The number of carbonyl (C=O) groups excluding carboxylic acids is 1. The molecule has 0 aliphatic carbocycles. The van der Waals surface area contributed by atoms with Crippen LogP contribution < -0.4 is 0 Å². The molecule has 12 heavy (non-hydrogen) atoms. The van der Waals surface area contributed by atoms with Gasteiger partial charge in [-0.1, -0.05) is 5.92 Å². The summed E-state index contributed by atoms with van der Waals surface area (Å²) >= 11 is 4.82. The number of hydrogen-bond donors (Lipinski definition) is 1. The molecule has 66 valence electrons. The molecule has 0 heterocycles.